The van der Waals surface area contributed by atoms with Crippen LogP contribution < -0.4 is 5.32 Å². The lowest BCUT2D eigenvalue weighted by atomic mass is 9.87. The molecule has 0 saturated carbocycles. The Morgan fingerprint density at radius 3 is 2.71 bits per heavy atom. The SMILES string of the molecule is O=C(NC1C(=O)N2CC(C(=O)O)(C(O)Sc3ccccn3)CS[C@H]12)C(O)c1cccc([N+](=O)[O-])c1. The summed E-state index contributed by atoms with van der Waals surface area (Å²) in [5, 5.41) is 44.3. The smallest absolute Gasteiger partial charge is 0.315 e. The van der Waals surface area contributed by atoms with Gasteiger partial charge in [-0.25, -0.2) is 4.98 Å². The molecule has 4 rings (SSSR count). The Kier molecular flexibility index (Phi) is 6.98. The summed E-state index contributed by atoms with van der Waals surface area (Å²) in [7, 11) is 0. The number of carboxylic acids is 1. The van der Waals surface area contributed by atoms with Gasteiger partial charge >= 0.3 is 5.97 Å². The van der Waals surface area contributed by atoms with Gasteiger partial charge in [-0.3, -0.25) is 24.5 Å². The molecule has 1 aromatic carbocycles. The topological polar surface area (TPSA) is 183 Å². The van der Waals surface area contributed by atoms with E-state index in [1.165, 1.54) is 29.3 Å². The molecule has 0 aliphatic carbocycles. The first-order chi connectivity index (χ1) is 16.6. The van der Waals surface area contributed by atoms with Crippen LogP contribution in [0.3, 0.4) is 0 Å². The minimum absolute atomic E-state index is 0.00353. The van der Waals surface area contributed by atoms with E-state index in [1.54, 1.807) is 18.2 Å². The van der Waals surface area contributed by atoms with Gasteiger partial charge in [0.25, 0.3) is 11.6 Å². The van der Waals surface area contributed by atoms with Crippen LogP contribution in [0.1, 0.15) is 11.7 Å². The monoisotopic (exact) mass is 520 g/mol. The maximum atomic E-state index is 12.8. The number of non-ortho nitro benzene ring substituents is 1. The third kappa shape index (κ3) is 4.69. The van der Waals surface area contributed by atoms with Crippen molar-refractivity contribution < 1.29 is 34.6 Å². The number of hydrogen-bond donors (Lipinski definition) is 4. The third-order valence-corrected chi connectivity index (χ3v) is 8.52. The summed E-state index contributed by atoms with van der Waals surface area (Å²) in [6.07, 6.45) is -0.220. The highest BCUT2D eigenvalue weighted by molar-refractivity contribution is 8.01. The van der Waals surface area contributed by atoms with Gasteiger partial charge in [-0.2, -0.15) is 0 Å². The van der Waals surface area contributed by atoms with Crippen LogP contribution in [-0.4, -0.2) is 77.1 Å². The Morgan fingerprint density at radius 1 is 1.29 bits per heavy atom. The summed E-state index contributed by atoms with van der Waals surface area (Å²) in [6, 6.07) is 8.98. The minimum atomic E-state index is -1.74. The molecule has 1 aromatic heterocycles. The van der Waals surface area contributed by atoms with E-state index in [4.69, 9.17) is 0 Å². The van der Waals surface area contributed by atoms with Gasteiger partial charge in [0.15, 0.2) is 6.10 Å². The van der Waals surface area contributed by atoms with Gasteiger partial charge in [-0.15, -0.1) is 11.8 Å². The standard InChI is InChI=1S/C21H20N4O8S2/c26-15(11-4-3-5-12(8-11)25(32)33)16(27)23-14-17(28)24-9-21(19(29)30,10-34-18(14)24)20(31)35-13-6-1-2-7-22-13/h1-8,14-15,18,20,26,31H,9-10H2,(H,23,27)(H,29,30)/t14?,15?,18-,20?,21?/m1/s1. The van der Waals surface area contributed by atoms with Crippen molar-refractivity contribution >= 4 is 47.0 Å². The van der Waals surface area contributed by atoms with Crippen molar-refractivity contribution in [2.45, 2.75) is 28.0 Å². The molecule has 2 aliphatic rings. The highest BCUT2D eigenvalue weighted by Gasteiger charge is 2.60. The van der Waals surface area contributed by atoms with E-state index >= 15 is 0 Å². The lowest BCUT2D eigenvalue weighted by Gasteiger charge is -2.54. The van der Waals surface area contributed by atoms with E-state index in [0.29, 0.717) is 5.03 Å². The number of carboxylic acid groups (broad SMARTS) is 1. The van der Waals surface area contributed by atoms with Crippen molar-refractivity contribution in [2.75, 3.05) is 12.3 Å². The average Bonchev–Trinajstić information content (AvgIpc) is 2.86. The zero-order valence-electron chi connectivity index (χ0n) is 17.9. The first-order valence-electron chi connectivity index (χ1n) is 10.3. The van der Waals surface area contributed by atoms with Gasteiger partial charge in [0.1, 0.15) is 22.3 Å². The molecule has 5 atom stereocenters. The number of benzene rings is 1. The van der Waals surface area contributed by atoms with Crippen LogP contribution in [-0.2, 0) is 14.4 Å². The molecule has 2 fully saturated rings. The fraction of sp³-hybridized carbons (Fsp3) is 0.333. The highest BCUT2D eigenvalue weighted by atomic mass is 32.2. The molecule has 2 aromatic rings. The number of rotatable bonds is 8. The predicted molar refractivity (Wildman–Crippen MR) is 124 cm³/mol. The van der Waals surface area contributed by atoms with Crippen LogP contribution in [0.2, 0.25) is 0 Å². The summed E-state index contributed by atoms with van der Waals surface area (Å²) < 4.78 is 0. The number of carbonyl (C=O) groups is 3. The Balaban J connectivity index is 1.43. The molecular formula is C21H20N4O8S2. The molecule has 2 saturated heterocycles. The zero-order chi connectivity index (χ0) is 25.3. The number of aromatic nitrogens is 1. The number of hydrogen-bond acceptors (Lipinski definition) is 10. The zero-order valence-corrected chi connectivity index (χ0v) is 19.5. The molecule has 0 bridgehead atoms. The molecule has 35 heavy (non-hydrogen) atoms. The Hall–Kier alpha value is -3.20. The fourth-order valence-corrected chi connectivity index (χ4v) is 6.49. The number of thioether (sulfide) groups is 2. The quantitative estimate of drug-likeness (QED) is 0.126. The summed E-state index contributed by atoms with van der Waals surface area (Å²) in [6.45, 7) is -0.264. The number of aliphatic hydroxyl groups excluding tert-OH is 2. The summed E-state index contributed by atoms with van der Waals surface area (Å²) in [5.74, 6) is -2.76. The Morgan fingerprint density at radius 2 is 2.06 bits per heavy atom. The first-order valence-corrected chi connectivity index (χ1v) is 12.2. The molecule has 12 nitrogen and oxygen atoms in total. The van der Waals surface area contributed by atoms with E-state index in [0.717, 1.165) is 29.6 Å². The minimum Gasteiger partial charge on any atom is -0.481 e. The van der Waals surface area contributed by atoms with Gasteiger partial charge in [0.05, 0.1) is 9.95 Å². The van der Waals surface area contributed by atoms with Crippen molar-refractivity contribution in [1.82, 2.24) is 15.2 Å². The van der Waals surface area contributed by atoms with Gasteiger partial charge in [-0.1, -0.05) is 30.0 Å². The number of aliphatic carboxylic acids is 1. The molecule has 2 aliphatic heterocycles. The van der Waals surface area contributed by atoms with Crippen molar-refractivity contribution in [3.8, 4) is 0 Å². The van der Waals surface area contributed by atoms with Crippen LogP contribution in [0.5, 0.6) is 0 Å². The number of pyridine rings is 1. The van der Waals surface area contributed by atoms with Crippen molar-refractivity contribution in [2.24, 2.45) is 5.41 Å². The second kappa shape index (κ2) is 9.81. The normalized spacial score (nSPS) is 25.1. The van der Waals surface area contributed by atoms with Crippen molar-refractivity contribution in [3.05, 3.63) is 64.3 Å². The van der Waals surface area contributed by atoms with Gasteiger partial charge in [-0.05, 0) is 17.7 Å². The average molecular weight is 521 g/mol. The summed E-state index contributed by atoms with van der Waals surface area (Å²) in [4.78, 5) is 53.1. The van der Waals surface area contributed by atoms with Crippen molar-refractivity contribution in [1.29, 1.82) is 0 Å². The first kappa shape index (κ1) is 24.9. The molecule has 3 heterocycles. The van der Waals surface area contributed by atoms with Gasteiger partial charge in [0.2, 0.25) is 5.91 Å². The van der Waals surface area contributed by atoms with E-state index in [1.807, 2.05) is 0 Å². The van der Waals surface area contributed by atoms with Crippen LogP contribution in [0.25, 0.3) is 0 Å². The predicted octanol–water partition coefficient (Wildman–Crippen LogP) is 0.605. The maximum Gasteiger partial charge on any atom is 0.315 e. The molecule has 2 amide bonds. The molecule has 184 valence electrons. The lowest BCUT2D eigenvalue weighted by Crippen LogP contribution is -2.74. The van der Waals surface area contributed by atoms with E-state index in [9.17, 15) is 39.8 Å². The number of nitro benzene ring substituents is 1. The number of β-lactam (4-membered cyclic amide) rings is 1. The molecule has 0 radical (unpaired) electrons. The summed E-state index contributed by atoms with van der Waals surface area (Å²) in [5.41, 5.74) is -3.34. The van der Waals surface area contributed by atoms with Gasteiger partial charge < -0.3 is 25.5 Å². The number of carbonyl (C=O) groups excluding carboxylic acids is 2. The number of nitrogens with one attached hydrogen (secondary N) is 1. The molecule has 14 heteroatoms. The Labute approximate surface area is 206 Å². The van der Waals surface area contributed by atoms with Crippen molar-refractivity contribution in [3.63, 3.8) is 0 Å². The van der Waals surface area contributed by atoms with Crippen LogP contribution in [0, 0.1) is 15.5 Å². The molecule has 4 N–H and O–H groups in total. The molecule has 0 spiro atoms. The van der Waals surface area contributed by atoms with Gasteiger partial charge in [0, 0.05) is 30.6 Å². The second-order valence-corrected chi connectivity index (χ2v) is 10.2. The maximum absolute atomic E-state index is 12.8. The molecular weight excluding hydrogens is 500 g/mol. The number of amides is 2. The van der Waals surface area contributed by atoms with Crippen LogP contribution in [0.15, 0.2) is 53.7 Å². The Bertz CT molecular complexity index is 1170. The molecule has 4 unspecified atom stereocenters. The third-order valence-electron chi connectivity index (χ3n) is 5.82. The number of aliphatic hydroxyl groups is 2. The highest BCUT2D eigenvalue weighted by Crippen LogP contribution is 2.47. The van der Waals surface area contributed by atoms with E-state index in [2.05, 4.69) is 10.3 Å². The number of nitro groups is 1. The lowest BCUT2D eigenvalue weighted by molar-refractivity contribution is -0.385. The van der Waals surface area contributed by atoms with E-state index < -0.39 is 51.1 Å². The second-order valence-electron chi connectivity index (χ2n) is 8.01. The number of nitrogens with zero attached hydrogens (tertiary/aromatic N) is 3. The largest absolute Gasteiger partial charge is 0.481 e. The van der Waals surface area contributed by atoms with Crippen LogP contribution in [0.4, 0.5) is 5.69 Å². The summed E-state index contributed by atoms with van der Waals surface area (Å²) >= 11 is 1.98. The van der Waals surface area contributed by atoms with E-state index in [-0.39, 0.29) is 23.5 Å². The number of fused-ring (bicyclic) bond motifs is 1. The van der Waals surface area contributed by atoms with Crippen LogP contribution >= 0.6 is 23.5 Å². The fourth-order valence-electron chi connectivity index (χ4n) is 3.82.